The Kier molecular flexibility index (Phi) is 4.71. The zero-order chi connectivity index (χ0) is 20.5. The van der Waals surface area contributed by atoms with Crippen LogP contribution in [-0.4, -0.2) is 47.7 Å². The quantitative estimate of drug-likeness (QED) is 0.601. The molecule has 1 fully saturated rings. The Bertz CT molecular complexity index is 1120. The van der Waals surface area contributed by atoms with Crippen LogP contribution in [0, 0.1) is 6.92 Å². The van der Waals surface area contributed by atoms with E-state index in [-0.39, 0.29) is 5.91 Å². The van der Waals surface area contributed by atoms with Crippen LogP contribution in [0.2, 0.25) is 0 Å². The molecule has 5 nitrogen and oxygen atoms in total. The van der Waals surface area contributed by atoms with Gasteiger partial charge in [-0.2, -0.15) is 0 Å². The smallest absolute Gasteiger partial charge is 0.253 e. The van der Waals surface area contributed by atoms with Gasteiger partial charge >= 0.3 is 0 Å². The topological polar surface area (TPSA) is 45.1 Å². The van der Waals surface area contributed by atoms with Crippen molar-refractivity contribution < 1.29 is 9.53 Å². The van der Waals surface area contributed by atoms with Crippen molar-refractivity contribution in [3.63, 3.8) is 0 Å². The zero-order valence-electron chi connectivity index (χ0n) is 16.9. The number of amidine groups is 1. The molecule has 0 atom stereocenters. The summed E-state index contributed by atoms with van der Waals surface area (Å²) in [5, 5.41) is 0. The monoisotopic (exact) mass is 397 g/mol. The van der Waals surface area contributed by atoms with Crippen molar-refractivity contribution in [2.45, 2.75) is 6.92 Å². The van der Waals surface area contributed by atoms with Crippen LogP contribution in [0.1, 0.15) is 21.5 Å². The Morgan fingerprint density at radius 3 is 2.40 bits per heavy atom. The highest BCUT2D eigenvalue weighted by molar-refractivity contribution is 6.04. The number of benzene rings is 3. The van der Waals surface area contributed by atoms with Gasteiger partial charge in [0.2, 0.25) is 0 Å². The fraction of sp³-hybridized carbons (Fsp3) is 0.200. The van der Waals surface area contributed by atoms with E-state index in [9.17, 15) is 4.79 Å². The Morgan fingerprint density at radius 2 is 1.60 bits per heavy atom. The molecular formula is C25H23N3O2. The van der Waals surface area contributed by atoms with Gasteiger partial charge in [-0.05, 0) is 48.9 Å². The van der Waals surface area contributed by atoms with E-state index in [1.807, 2.05) is 78.6 Å². The number of carbonyl (C=O) groups is 1. The van der Waals surface area contributed by atoms with Crippen molar-refractivity contribution in [1.29, 1.82) is 0 Å². The van der Waals surface area contributed by atoms with E-state index in [0.29, 0.717) is 13.1 Å². The SMILES string of the molecule is Cc1ccc2c(c1)Oc1ccccc1C(N1CCN(C(=O)c3ccccc3)CC1)=N2. The summed E-state index contributed by atoms with van der Waals surface area (Å²) in [7, 11) is 0. The second kappa shape index (κ2) is 7.67. The third kappa shape index (κ3) is 3.43. The molecule has 1 saturated heterocycles. The molecule has 2 aliphatic rings. The molecule has 3 aromatic rings. The first-order valence-corrected chi connectivity index (χ1v) is 10.2. The maximum Gasteiger partial charge on any atom is 0.253 e. The van der Waals surface area contributed by atoms with Gasteiger partial charge in [-0.25, -0.2) is 4.99 Å². The molecule has 0 radical (unpaired) electrons. The largest absolute Gasteiger partial charge is 0.454 e. The van der Waals surface area contributed by atoms with Crippen LogP contribution >= 0.6 is 0 Å². The van der Waals surface area contributed by atoms with Gasteiger partial charge in [0.15, 0.2) is 5.75 Å². The first-order valence-electron chi connectivity index (χ1n) is 10.2. The van der Waals surface area contributed by atoms with Crippen molar-refractivity contribution in [3.05, 3.63) is 89.5 Å². The molecule has 0 saturated carbocycles. The minimum absolute atomic E-state index is 0.0857. The number of rotatable bonds is 1. The lowest BCUT2D eigenvalue weighted by molar-refractivity contribution is 0.0692. The van der Waals surface area contributed by atoms with E-state index in [2.05, 4.69) is 11.0 Å². The second-order valence-corrected chi connectivity index (χ2v) is 7.65. The van der Waals surface area contributed by atoms with Crippen molar-refractivity contribution in [1.82, 2.24) is 9.80 Å². The van der Waals surface area contributed by atoms with Crippen LogP contribution < -0.4 is 4.74 Å². The number of piperazine rings is 1. The first kappa shape index (κ1) is 18.4. The molecule has 2 aliphatic heterocycles. The standard InChI is InChI=1S/C25H23N3O2/c1-18-11-12-21-23(17-18)30-22-10-6-5-9-20(22)24(26-21)27-13-15-28(16-14-27)25(29)19-7-3-2-4-8-19/h2-12,17H,13-16H2,1H3. The summed E-state index contributed by atoms with van der Waals surface area (Å²) in [5.74, 6) is 2.57. The van der Waals surface area contributed by atoms with Gasteiger partial charge < -0.3 is 14.5 Å². The molecule has 0 spiro atoms. The van der Waals surface area contributed by atoms with Gasteiger partial charge in [-0.1, -0.05) is 36.4 Å². The fourth-order valence-corrected chi connectivity index (χ4v) is 3.95. The number of ether oxygens (including phenoxy) is 1. The highest BCUT2D eigenvalue weighted by Gasteiger charge is 2.27. The normalized spacial score (nSPS) is 15.4. The van der Waals surface area contributed by atoms with Gasteiger partial charge in [0.25, 0.3) is 5.91 Å². The number of hydrogen-bond acceptors (Lipinski definition) is 4. The zero-order valence-corrected chi connectivity index (χ0v) is 16.9. The summed E-state index contributed by atoms with van der Waals surface area (Å²) in [6.45, 7) is 4.83. The fourth-order valence-electron chi connectivity index (χ4n) is 3.95. The number of hydrogen-bond donors (Lipinski definition) is 0. The summed E-state index contributed by atoms with van der Waals surface area (Å²) in [6, 6.07) is 23.6. The van der Waals surface area contributed by atoms with Crippen LogP contribution in [0.4, 0.5) is 5.69 Å². The highest BCUT2D eigenvalue weighted by atomic mass is 16.5. The lowest BCUT2D eigenvalue weighted by Crippen LogP contribution is -2.50. The molecule has 1 amide bonds. The molecule has 0 N–H and O–H groups in total. The number of carbonyl (C=O) groups excluding carboxylic acids is 1. The van der Waals surface area contributed by atoms with Crippen LogP contribution in [0.5, 0.6) is 11.5 Å². The molecular weight excluding hydrogens is 374 g/mol. The van der Waals surface area contributed by atoms with E-state index in [4.69, 9.17) is 9.73 Å². The molecule has 30 heavy (non-hydrogen) atoms. The summed E-state index contributed by atoms with van der Waals surface area (Å²) >= 11 is 0. The minimum atomic E-state index is 0.0857. The average Bonchev–Trinajstić information content (AvgIpc) is 2.95. The Balaban J connectivity index is 1.42. The number of amides is 1. The van der Waals surface area contributed by atoms with Gasteiger partial charge in [-0.3, -0.25) is 4.79 Å². The maximum absolute atomic E-state index is 12.8. The summed E-state index contributed by atoms with van der Waals surface area (Å²) in [5.41, 5.74) is 3.68. The van der Waals surface area contributed by atoms with Crippen molar-refractivity contribution in [2.75, 3.05) is 26.2 Å². The summed E-state index contributed by atoms with van der Waals surface area (Å²) in [4.78, 5) is 22.0. The summed E-state index contributed by atoms with van der Waals surface area (Å²) in [6.07, 6.45) is 0. The van der Waals surface area contributed by atoms with E-state index in [1.165, 1.54) is 0 Å². The predicted molar refractivity (Wildman–Crippen MR) is 118 cm³/mol. The average molecular weight is 397 g/mol. The number of para-hydroxylation sites is 1. The number of aliphatic imine (C=N–C) groups is 1. The molecule has 5 heteroatoms. The van der Waals surface area contributed by atoms with Gasteiger partial charge in [-0.15, -0.1) is 0 Å². The third-order valence-electron chi connectivity index (χ3n) is 5.58. The number of nitrogens with zero attached hydrogens (tertiary/aromatic N) is 3. The molecule has 0 aliphatic carbocycles. The van der Waals surface area contributed by atoms with Crippen molar-refractivity contribution in [2.24, 2.45) is 4.99 Å². The van der Waals surface area contributed by atoms with E-state index in [1.54, 1.807) is 0 Å². The third-order valence-corrected chi connectivity index (χ3v) is 5.58. The lowest BCUT2D eigenvalue weighted by atomic mass is 10.1. The van der Waals surface area contributed by atoms with Gasteiger partial charge in [0.05, 0.1) is 5.56 Å². The first-order chi connectivity index (χ1) is 14.7. The molecule has 0 bridgehead atoms. The predicted octanol–water partition coefficient (Wildman–Crippen LogP) is 4.64. The Labute approximate surface area is 176 Å². The van der Waals surface area contributed by atoms with E-state index in [0.717, 1.165) is 52.8 Å². The van der Waals surface area contributed by atoms with Crippen molar-refractivity contribution >= 4 is 17.4 Å². The Hall–Kier alpha value is -3.60. The maximum atomic E-state index is 12.8. The summed E-state index contributed by atoms with van der Waals surface area (Å²) < 4.78 is 6.22. The van der Waals surface area contributed by atoms with Crippen LogP contribution in [0.3, 0.4) is 0 Å². The second-order valence-electron chi connectivity index (χ2n) is 7.65. The van der Waals surface area contributed by atoms with Crippen LogP contribution in [0.15, 0.2) is 77.8 Å². The molecule has 0 aromatic heterocycles. The molecule has 2 heterocycles. The van der Waals surface area contributed by atoms with Crippen LogP contribution in [0.25, 0.3) is 0 Å². The molecule has 150 valence electrons. The Morgan fingerprint density at radius 1 is 0.867 bits per heavy atom. The highest BCUT2D eigenvalue weighted by Crippen LogP contribution is 2.38. The number of fused-ring (bicyclic) bond motifs is 2. The van der Waals surface area contributed by atoms with Crippen LogP contribution in [-0.2, 0) is 0 Å². The minimum Gasteiger partial charge on any atom is -0.454 e. The van der Waals surface area contributed by atoms with E-state index < -0.39 is 0 Å². The van der Waals surface area contributed by atoms with Gasteiger partial charge in [0.1, 0.15) is 17.3 Å². The number of aryl methyl sites for hydroxylation is 1. The molecule has 3 aromatic carbocycles. The lowest BCUT2D eigenvalue weighted by Gasteiger charge is -2.36. The molecule has 5 rings (SSSR count). The molecule has 0 unspecified atom stereocenters. The van der Waals surface area contributed by atoms with Gasteiger partial charge in [0, 0.05) is 31.7 Å². The van der Waals surface area contributed by atoms with E-state index >= 15 is 0 Å². The van der Waals surface area contributed by atoms with Crippen molar-refractivity contribution in [3.8, 4) is 11.5 Å².